The molecule has 1 fully saturated rings. The molecule has 5 heteroatoms. The molecule has 3 N–H and O–H groups in total. The van der Waals surface area contributed by atoms with Crippen LogP contribution < -0.4 is 5.73 Å². The molecule has 0 spiro atoms. The first-order valence-electron chi connectivity index (χ1n) is 7.44. The van der Waals surface area contributed by atoms with Gasteiger partial charge in [0.15, 0.2) is 0 Å². The normalized spacial score (nSPS) is 23.0. The molecule has 4 nitrogen and oxygen atoms in total. The first-order chi connectivity index (χ1) is 10.1. The number of aliphatic hydroxyl groups is 1. The van der Waals surface area contributed by atoms with Gasteiger partial charge in [0.05, 0.1) is 17.8 Å². The standard InChI is InChI=1S/C16H20BrN3O/c17-12-6-4-5-11(9-12)13-10-16(18)20(19-13)14-7-2-1-3-8-15(14)21/h4-6,9-10,14-15,21H,1-3,7-8,18H2. The minimum atomic E-state index is -0.356. The quantitative estimate of drug-likeness (QED) is 0.811. The molecule has 0 aliphatic heterocycles. The van der Waals surface area contributed by atoms with Crippen LogP contribution >= 0.6 is 15.9 Å². The van der Waals surface area contributed by atoms with Crippen LogP contribution in [-0.2, 0) is 0 Å². The fraction of sp³-hybridized carbons (Fsp3) is 0.438. The average Bonchev–Trinajstić information content (AvgIpc) is 2.71. The number of rotatable bonds is 2. The largest absolute Gasteiger partial charge is 0.391 e. The van der Waals surface area contributed by atoms with E-state index in [1.165, 1.54) is 6.42 Å². The summed E-state index contributed by atoms with van der Waals surface area (Å²) >= 11 is 3.48. The highest BCUT2D eigenvalue weighted by Crippen LogP contribution is 2.31. The third kappa shape index (κ3) is 3.14. The van der Waals surface area contributed by atoms with Crippen LogP contribution in [-0.4, -0.2) is 21.0 Å². The third-order valence-electron chi connectivity index (χ3n) is 4.14. The molecule has 0 saturated heterocycles. The van der Waals surface area contributed by atoms with Gasteiger partial charge in [0.1, 0.15) is 5.82 Å². The molecule has 1 aromatic carbocycles. The Bertz CT molecular complexity index is 626. The van der Waals surface area contributed by atoms with E-state index in [0.29, 0.717) is 5.82 Å². The fourth-order valence-electron chi connectivity index (χ4n) is 3.02. The van der Waals surface area contributed by atoms with Crippen molar-refractivity contribution in [2.45, 2.75) is 44.2 Å². The van der Waals surface area contributed by atoms with Crippen molar-refractivity contribution in [1.29, 1.82) is 0 Å². The van der Waals surface area contributed by atoms with Gasteiger partial charge < -0.3 is 10.8 Å². The molecule has 21 heavy (non-hydrogen) atoms. The maximum absolute atomic E-state index is 10.3. The summed E-state index contributed by atoms with van der Waals surface area (Å²) in [5.74, 6) is 0.621. The summed E-state index contributed by atoms with van der Waals surface area (Å²) in [5.41, 5.74) is 8.02. The van der Waals surface area contributed by atoms with Crippen molar-refractivity contribution in [3.63, 3.8) is 0 Å². The highest BCUT2D eigenvalue weighted by atomic mass is 79.9. The zero-order valence-electron chi connectivity index (χ0n) is 11.9. The van der Waals surface area contributed by atoms with Crippen LogP contribution in [0.4, 0.5) is 5.82 Å². The Morgan fingerprint density at radius 2 is 2.00 bits per heavy atom. The maximum atomic E-state index is 10.3. The van der Waals surface area contributed by atoms with Gasteiger partial charge in [-0.2, -0.15) is 5.10 Å². The van der Waals surface area contributed by atoms with Gasteiger partial charge in [0, 0.05) is 16.1 Å². The molecule has 1 aromatic heterocycles. The van der Waals surface area contributed by atoms with Gasteiger partial charge in [-0.05, 0) is 25.0 Å². The van der Waals surface area contributed by atoms with Crippen molar-refractivity contribution >= 4 is 21.7 Å². The van der Waals surface area contributed by atoms with Gasteiger partial charge >= 0.3 is 0 Å². The van der Waals surface area contributed by atoms with E-state index in [9.17, 15) is 5.11 Å². The Morgan fingerprint density at radius 3 is 2.81 bits per heavy atom. The molecule has 0 bridgehead atoms. The Balaban J connectivity index is 1.93. The van der Waals surface area contributed by atoms with E-state index in [2.05, 4.69) is 21.0 Å². The van der Waals surface area contributed by atoms with Crippen LogP contribution in [0, 0.1) is 0 Å². The molecule has 112 valence electrons. The second kappa shape index (κ2) is 6.20. The third-order valence-corrected chi connectivity index (χ3v) is 4.64. The fourth-order valence-corrected chi connectivity index (χ4v) is 3.42. The lowest BCUT2D eigenvalue weighted by atomic mass is 10.1. The number of anilines is 1. The number of nitrogens with zero attached hydrogens (tertiary/aromatic N) is 2. The van der Waals surface area contributed by atoms with E-state index < -0.39 is 0 Å². The van der Waals surface area contributed by atoms with Crippen molar-refractivity contribution < 1.29 is 5.11 Å². The highest BCUT2D eigenvalue weighted by Gasteiger charge is 2.25. The van der Waals surface area contributed by atoms with Crippen molar-refractivity contribution in [3.05, 3.63) is 34.8 Å². The van der Waals surface area contributed by atoms with E-state index in [0.717, 1.165) is 41.4 Å². The average molecular weight is 350 g/mol. The molecular weight excluding hydrogens is 330 g/mol. The lowest BCUT2D eigenvalue weighted by Crippen LogP contribution is -2.25. The van der Waals surface area contributed by atoms with Gasteiger partial charge in [-0.25, -0.2) is 4.68 Å². The summed E-state index contributed by atoms with van der Waals surface area (Å²) in [6, 6.07) is 9.89. The van der Waals surface area contributed by atoms with Crippen LogP contribution in [0.15, 0.2) is 34.8 Å². The molecule has 2 atom stereocenters. The van der Waals surface area contributed by atoms with Crippen LogP contribution in [0.3, 0.4) is 0 Å². The minimum Gasteiger partial charge on any atom is -0.391 e. The summed E-state index contributed by atoms with van der Waals surface area (Å²) in [4.78, 5) is 0. The lowest BCUT2D eigenvalue weighted by Gasteiger charge is -2.21. The van der Waals surface area contributed by atoms with E-state index in [-0.39, 0.29) is 12.1 Å². The number of benzene rings is 1. The van der Waals surface area contributed by atoms with Crippen molar-refractivity contribution in [1.82, 2.24) is 9.78 Å². The highest BCUT2D eigenvalue weighted by molar-refractivity contribution is 9.10. The molecule has 0 amide bonds. The van der Waals surface area contributed by atoms with Crippen molar-refractivity contribution in [2.24, 2.45) is 0 Å². The van der Waals surface area contributed by atoms with Crippen LogP contribution in [0.1, 0.15) is 38.1 Å². The van der Waals surface area contributed by atoms with E-state index in [1.807, 2.05) is 35.0 Å². The van der Waals surface area contributed by atoms with Gasteiger partial charge in [-0.15, -0.1) is 0 Å². The summed E-state index contributed by atoms with van der Waals surface area (Å²) in [6.07, 6.45) is 4.78. The molecular formula is C16H20BrN3O. The summed E-state index contributed by atoms with van der Waals surface area (Å²) in [5, 5.41) is 15.0. The summed E-state index contributed by atoms with van der Waals surface area (Å²) in [7, 11) is 0. The number of nitrogens with two attached hydrogens (primary N) is 1. The van der Waals surface area contributed by atoms with E-state index >= 15 is 0 Å². The SMILES string of the molecule is Nc1cc(-c2cccc(Br)c2)nn1C1CCCCCC1O. The minimum absolute atomic E-state index is 0.00611. The van der Waals surface area contributed by atoms with Crippen LogP contribution in [0.5, 0.6) is 0 Å². The predicted molar refractivity (Wildman–Crippen MR) is 87.9 cm³/mol. The maximum Gasteiger partial charge on any atom is 0.122 e. The van der Waals surface area contributed by atoms with Crippen LogP contribution in [0.25, 0.3) is 11.3 Å². The Hall–Kier alpha value is -1.33. The molecule has 1 saturated carbocycles. The zero-order chi connectivity index (χ0) is 14.8. The molecule has 1 heterocycles. The second-order valence-electron chi connectivity index (χ2n) is 5.68. The van der Waals surface area contributed by atoms with E-state index in [1.54, 1.807) is 0 Å². The Morgan fingerprint density at radius 1 is 1.19 bits per heavy atom. The summed E-state index contributed by atoms with van der Waals surface area (Å²) in [6.45, 7) is 0. The topological polar surface area (TPSA) is 64.1 Å². The number of aromatic nitrogens is 2. The van der Waals surface area contributed by atoms with Crippen LogP contribution in [0.2, 0.25) is 0 Å². The Kier molecular flexibility index (Phi) is 4.31. The van der Waals surface area contributed by atoms with Crippen molar-refractivity contribution in [2.75, 3.05) is 5.73 Å². The first-order valence-corrected chi connectivity index (χ1v) is 8.23. The molecule has 1 aliphatic carbocycles. The molecule has 0 radical (unpaired) electrons. The van der Waals surface area contributed by atoms with Gasteiger partial charge in [0.25, 0.3) is 0 Å². The number of nitrogen functional groups attached to an aromatic ring is 1. The Labute approximate surface area is 133 Å². The lowest BCUT2D eigenvalue weighted by molar-refractivity contribution is 0.100. The summed E-state index contributed by atoms with van der Waals surface area (Å²) < 4.78 is 2.83. The smallest absolute Gasteiger partial charge is 0.122 e. The molecule has 3 rings (SSSR count). The first kappa shape index (κ1) is 14.6. The van der Waals surface area contributed by atoms with Gasteiger partial charge in [-0.3, -0.25) is 0 Å². The number of halogens is 1. The zero-order valence-corrected chi connectivity index (χ0v) is 13.5. The number of hydrogen-bond donors (Lipinski definition) is 2. The monoisotopic (exact) mass is 349 g/mol. The molecule has 2 unspecified atom stereocenters. The molecule has 1 aliphatic rings. The number of aliphatic hydroxyl groups excluding tert-OH is 1. The number of hydrogen-bond acceptors (Lipinski definition) is 3. The van der Waals surface area contributed by atoms with E-state index in [4.69, 9.17) is 5.73 Å². The van der Waals surface area contributed by atoms with Gasteiger partial charge in [-0.1, -0.05) is 47.3 Å². The predicted octanol–water partition coefficient (Wildman–Crippen LogP) is 3.76. The molecule has 2 aromatic rings. The van der Waals surface area contributed by atoms with Gasteiger partial charge in [0.2, 0.25) is 0 Å². The second-order valence-corrected chi connectivity index (χ2v) is 6.60. The van der Waals surface area contributed by atoms with Crippen molar-refractivity contribution in [3.8, 4) is 11.3 Å².